The van der Waals surface area contributed by atoms with Gasteiger partial charge in [-0.3, -0.25) is 93.1 Å². The van der Waals surface area contributed by atoms with Crippen LogP contribution in [-0.4, -0.2) is 258 Å². The number of esters is 1. The number of carboxylic acid groups (broad SMARTS) is 4. The van der Waals surface area contributed by atoms with Gasteiger partial charge in [-0.05, 0) is 125 Å². The first-order chi connectivity index (χ1) is 61.6. The Morgan fingerprint density at radius 1 is 0.769 bits per heavy atom. The van der Waals surface area contributed by atoms with Crippen LogP contribution in [-0.2, 0) is 86.4 Å². The minimum atomic E-state index is -2.22. The smallest absolute Gasteiger partial charge is 0.426 e. The van der Waals surface area contributed by atoms with Crippen LogP contribution in [0.25, 0.3) is 11.2 Å². The average molecular weight is 1880 g/mol. The Morgan fingerprint density at radius 2 is 1.45 bits per heavy atom. The summed E-state index contributed by atoms with van der Waals surface area (Å²) in [7, 11) is 2.95. The second kappa shape index (κ2) is 52.4. The maximum atomic E-state index is 14.8. The zero-order valence-electron chi connectivity index (χ0n) is 72.4. The predicted octanol–water partition coefficient (Wildman–Crippen LogP) is 0.342. The molecule has 6 rings (SSSR count). The van der Waals surface area contributed by atoms with Gasteiger partial charge in [0, 0.05) is 60.5 Å². The molecule has 49 nitrogen and oxygen atoms in total. The van der Waals surface area contributed by atoms with Crippen molar-refractivity contribution in [3.8, 4) is 5.75 Å². The number of hydrazine groups is 4. The van der Waals surface area contributed by atoms with Crippen molar-refractivity contribution in [3.05, 3.63) is 98.0 Å². The van der Waals surface area contributed by atoms with E-state index in [2.05, 4.69) is 78.0 Å². The van der Waals surface area contributed by atoms with Crippen molar-refractivity contribution < 1.29 is 107 Å². The molecule has 11 atom stereocenters. The molecule has 4 heterocycles. The number of ether oxygens (including phenoxy) is 2. The number of hydrogen-bond acceptors (Lipinski definition) is 34. The van der Waals surface area contributed by atoms with Crippen molar-refractivity contribution in [3.63, 3.8) is 0 Å². The number of aryl methyl sites for hydroxylation is 1. The molecule has 1 saturated heterocycles. The van der Waals surface area contributed by atoms with Crippen LogP contribution in [0.2, 0.25) is 0 Å². The summed E-state index contributed by atoms with van der Waals surface area (Å²) in [4.78, 5) is 236. The zero-order valence-corrected chi connectivity index (χ0v) is 74.8. The van der Waals surface area contributed by atoms with E-state index in [9.17, 15) is 102 Å². The third-order valence-corrected chi connectivity index (χ3v) is 23.9. The van der Waals surface area contributed by atoms with Crippen molar-refractivity contribution in [2.45, 2.75) is 205 Å². The molecule has 0 bridgehead atoms. The van der Waals surface area contributed by atoms with Crippen molar-refractivity contribution >= 4 is 151 Å². The summed E-state index contributed by atoms with van der Waals surface area (Å²) < 4.78 is 10.8. The number of carbonyl (C=O) groups is 15. The first-order valence-corrected chi connectivity index (χ1v) is 44.4. The Balaban J connectivity index is 1.03. The quantitative estimate of drug-likeness (QED) is 0.00238. The SMILES string of the molecule is CCCC(=O)OCN(C(=O)[C@@H](NC(=O)[C@H]1CCCCN1C)C(C)CC)[C@H](CCc1nc(C(=O)N[C@@H](Cc2ccc(O)cc2)C[C@H](C)C(=O)NNC(=O)OCCSS[C@@H](C(=O)O)N(N)C(=O)[C@H](CC(=O)O)NC(=O)[C@H](CCCNC(=N)N=NN)NC(=O)[C@H](CC(=O)O)NC(=O)CC[C@@H](C(=O)O)N(N)C(=O)c2ccc(N(N)Cc3cnc4nc(N)[nH]c(=O)c4n3)cc2)cs1)C(C)C. The highest BCUT2D eigenvalue weighted by molar-refractivity contribution is 8.77. The molecule has 1 aliphatic rings. The van der Waals surface area contributed by atoms with E-state index >= 15 is 0 Å². The molecule has 3 aromatic heterocycles. The molecule has 1 aliphatic heterocycles. The number of anilines is 2. The van der Waals surface area contributed by atoms with Crippen LogP contribution >= 0.6 is 32.9 Å². The maximum Gasteiger partial charge on any atom is 0.426 e. The number of aliphatic carboxylic acids is 4. The summed E-state index contributed by atoms with van der Waals surface area (Å²) in [5, 5.41) is 80.7. The molecule has 1 unspecified atom stereocenters. The fourth-order valence-corrected chi connectivity index (χ4v) is 16.2. The number of aromatic amines is 1. The zero-order chi connectivity index (χ0) is 96.2. The number of likely N-dealkylation sites (N-methyl/N-ethyl adjacent to an activating group) is 1. The third kappa shape index (κ3) is 33.5. The largest absolute Gasteiger partial charge is 0.508 e. The van der Waals surface area contributed by atoms with Gasteiger partial charge in [0.1, 0.15) is 48.3 Å². The number of carbonyl (C=O) groups excluding carboxylic acids is 11. The number of nitrogen functional groups attached to an aromatic ring is 1. The molecule has 0 spiro atoms. The van der Waals surface area contributed by atoms with Crippen LogP contribution < -0.4 is 82.4 Å². The number of aromatic nitrogens is 5. The van der Waals surface area contributed by atoms with Gasteiger partial charge in [0.25, 0.3) is 23.3 Å². The fourth-order valence-electron chi connectivity index (χ4n) is 13.4. The lowest BCUT2D eigenvalue weighted by atomic mass is 9.93. The number of nitrogens with zero attached hydrogens (tertiary/aromatic N) is 11. The molecule has 130 heavy (non-hydrogen) atoms. The molecule has 0 radical (unpaired) electrons. The second-order valence-corrected chi connectivity index (χ2v) is 34.2. The Morgan fingerprint density at radius 3 is 2.08 bits per heavy atom. The van der Waals surface area contributed by atoms with E-state index in [0.717, 1.165) is 19.4 Å². The maximum absolute atomic E-state index is 14.8. The van der Waals surface area contributed by atoms with Crippen LogP contribution in [0.1, 0.15) is 169 Å². The molecule has 0 aliphatic carbocycles. The summed E-state index contributed by atoms with van der Waals surface area (Å²) in [6, 6.07) is 0.641. The minimum Gasteiger partial charge on any atom is -0.508 e. The van der Waals surface area contributed by atoms with Crippen LogP contribution in [0.4, 0.5) is 16.4 Å². The first kappa shape index (κ1) is 106. The number of phenols is 1. The molecule has 52 heteroatoms. The lowest BCUT2D eigenvalue weighted by Crippen LogP contribution is -2.60. The number of likely N-dealkylation sites (tertiary alicyclic amines) is 1. The molecular weight excluding hydrogens is 1770 g/mol. The highest BCUT2D eigenvalue weighted by Gasteiger charge is 2.41. The topological polar surface area (TPSA) is 751 Å². The molecule has 0 saturated carbocycles. The van der Waals surface area contributed by atoms with E-state index in [1.165, 1.54) is 70.8 Å². The number of guanidine groups is 1. The molecule has 25 N–H and O–H groups in total. The standard InChI is InChI=1S/C78H112N26O23S3/c1-8-13-60(111)127-39-101(72(120)61(41(5)9-2)93-68(116)54-15-10-11-29-100(54)7)53(40(3)4)25-27-57-90-52(38-128-57)67(115)88-45(33-43-16-22-48(105)23-17-43)32-42(6)64(112)96-98-78(125)126-30-31-129-130-73(75(123)124)104(84)71(119)51(35-59(109)110)92-65(113)49(14-12-28-85-76(79)97-99-81)91-66(114)50(34-58(107)108)89-56(106)26-24-55(74(121)122)103(83)70(118)44-18-20-47(21-19-44)102(82)37-46-36-86-63-62(87-46)69(117)95-77(80)94-63/h16-23,36,38,40-42,45,49-51,53-55,61,73,105H,8-15,24-35,37,39,82-84H2,1-7H3,(H,88,115)(H,89,106)(H,91,114)(H,92,113)(H,93,116)(H,96,112)(H,98,125)(H,107,108)(H,109,110)(H,121,122)(H,123,124)(H4,79,81,85,97)(H3,80,86,94,95,117)/t41?,42-,45+,49-,50-,51-,53+,54+,55-,61-,73-/m0/s1. The first-order valence-electron chi connectivity index (χ1n) is 41.2. The fraction of sp³-hybridized carbons (Fsp3) is 0.526. The molecule has 5 aromatic rings. The Labute approximate surface area is 756 Å². The van der Waals surface area contributed by atoms with Crippen LogP contribution in [0.15, 0.2) is 75.2 Å². The molecular formula is C78H112N26O23S3. The number of carboxylic acids is 4. The summed E-state index contributed by atoms with van der Waals surface area (Å²) in [5.41, 5.74) is 10.2. The summed E-state index contributed by atoms with van der Waals surface area (Å²) in [5.74, 6) is 4.96. The van der Waals surface area contributed by atoms with Gasteiger partial charge in [-0.25, -0.2) is 52.3 Å². The van der Waals surface area contributed by atoms with Crippen molar-refractivity contribution in [2.75, 3.05) is 50.0 Å². The highest BCUT2D eigenvalue weighted by atomic mass is 33.1. The van der Waals surface area contributed by atoms with Gasteiger partial charge in [-0.1, -0.05) is 98.4 Å². The van der Waals surface area contributed by atoms with E-state index < -0.39 is 193 Å². The summed E-state index contributed by atoms with van der Waals surface area (Å²) in [6.45, 7) is 10.6. The van der Waals surface area contributed by atoms with Gasteiger partial charge < -0.3 is 88.4 Å². The highest BCUT2D eigenvalue weighted by Crippen LogP contribution is 2.30. The number of phenolic OH excluding ortho intramolecular Hbond substituents is 1. The molecule has 710 valence electrons. The number of H-pyrrole nitrogens is 1. The van der Waals surface area contributed by atoms with Crippen LogP contribution in [0.5, 0.6) is 5.75 Å². The lowest BCUT2D eigenvalue weighted by molar-refractivity contribution is -0.159. The van der Waals surface area contributed by atoms with Crippen molar-refractivity contribution in [1.82, 2.24) is 87.5 Å². The van der Waals surface area contributed by atoms with E-state index in [1.54, 1.807) is 17.5 Å². The monoisotopic (exact) mass is 1880 g/mol. The minimum absolute atomic E-state index is 0.0177. The number of nitrogens with one attached hydrogen (secondary N) is 10. The predicted molar refractivity (Wildman–Crippen MR) is 470 cm³/mol. The normalized spacial score (nSPS) is 14.9. The van der Waals surface area contributed by atoms with E-state index in [0.29, 0.717) is 68.5 Å². The number of thiazole rings is 1. The third-order valence-electron chi connectivity index (χ3n) is 20.5. The van der Waals surface area contributed by atoms with Gasteiger partial charge in [0.05, 0.1) is 48.0 Å². The van der Waals surface area contributed by atoms with E-state index in [-0.39, 0.29) is 120 Å². The van der Waals surface area contributed by atoms with Gasteiger partial charge in [0.15, 0.2) is 23.3 Å². The molecule has 2 aromatic carbocycles. The van der Waals surface area contributed by atoms with Crippen LogP contribution in [0, 0.1) is 23.2 Å². The molecule has 10 amide bonds. The number of hydrogen-bond donors (Lipinski definition) is 20. The van der Waals surface area contributed by atoms with Crippen molar-refractivity contribution in [1.29, 1.82) is 5.41 Å². The van der Waals surface area contributed by atoms with E-state index in [1.807, 2.05) is 46.6 Å². The van der Waals surface area contributed by atoms with Crippen molar-refractivity contribution in [2.24, 2.45) is 51.5 Å². The number of benzene rings is 2. The number of rotatable bonds is 51. The number of aromatic hydroxyl groups is 1. The Bertz CT molecular complexity index is 4880. The Hall–Kier alpha value is -13.1. The van der Waals surface area contributed by atoms with E-state index in [4.69, 9.17) is 44.0 Å². The number of nitrogens with two attached hydrogens (primary N) is 5. The number of piperidine rings is 1. The Kier molecular flexibility index (Phi) is 42.6. The average Bonchev–Trinajstić information content (AvgIpc) is 1.36. The van der Waals surface area contributed by atoms with Crippen LogP contribution in [0.3, 0.4) is 0 Å². The van der Waals surface area contributed by atoms with Gasteiger partial charge in [-0.15, -0.1) is 11.3 Å². The van der Waals surface area contributed by atoms with Gasteiger partial charge >= 0.3 is 35.9 Å². The van der Waals surface area contributed by atoms with Gasteiger partial charge in [-0.2, -0.15) is 4.98 Å². The summed E-state index contributed by atoms with van der Waals surface area (Å²) in [6.07, 6.45) is -0.184. The van der Waals surface area contributed by atoms with Gasteiger partial charge in [0.2, 0.25) is 47.4 Å². The molecule has 1 fully saturated rings. The lowest BCUT2D eigenvalue weighted by Gasteiger charge is -2.39. The second-order valence-electron chi connectivity index (χ2n) is 30.7. The summed E-state index contributed by atoms with van der Waals surface area (Å²) >= 11 is 1.20. The number of fused-ring (bicyclic) bond motifs is 1. The number of amides is 10.